The number of hydrogen-bond donors (Lipinski definition) is 1. The lowest BCUT2D eigenvalue weighted by atomic mass is 9.91. The molecule has 1 aromatic carbocycles. The average molecular weight is 315 g/mol. The highest BCUT2D eigenvalue weighted by Gasteiger charge is 2.37. The van der Waals surface area contributed by atoms with Crippen molar-refractivity contribution in [3.8, 4) is 11.1 Å². The number of pyridine rings is 1. The first-order chi connectivity index (χ1) is 10.4. The highest BCUT2D eigenvalue weighted by atomic mass is 32.2. The number of ether oxygens (including phenoxy) is 1. The van der Waals surface area contributed by atoms with Crippen molar-refractivity contribution >= 4 is 11.8 Å². The molecule has 0 bridgehead atoms. The molecule has 4 heteroatoms. The molecular formula is C18H21NO2S. The molecule has 2 heterocycles. The van der Waals surface area contributed by atoms with Crippen LogP contribution < -0.4 is 0 Å². The number of nitrogens with zero attached hydrogens (tertiary/aromatic N) is 1. The summed E-state index contributed by atoms with van der Waals surface area (Å²) in [6.07, 6.45) is 3.74. The standard InChI is InChI=1S/C18H21NO2S/c1-17(2,3)22-16-8-9-19-10-15(16)13-4-6-14(7-5-13)18(20)11-21-12-18/h4-10,20H,11-12H2,1-3H3. The summed E-state index contributed by atoms with van der Waals surface area (Å²) < 4.78 is 5.27. The highest BCUT2D eigenvalue weighted by Crippen LogP contribution is 2.38. The van der Waals surface area contributed by atoms with Gasteiger partial charge in [0, 0.05) is 27.6 Å². The molecule has 1 aliphatic rings. The molecule has 0 amide bonds. The topological polar surface area (TPSA) is 42.4 Å². The molecule has 3 nitrogen and oxygen atoms in total. The maximum Gasteiger partial charge on any atom is 0.136 e. The molecule has 0 spiro atoms. The Morgan fingerprint density at radius 3 is 2.36 bits per heavy atom. The Hall–Kier alpha value is -1.36. The Morgan fingerprint density at radius 2 is 1.82 bits per heavy atom. The Labute approximate surface area is 135 Å². The monoisotopic (exact) mass is 315 g/mol. The van der Waals surface area contributed by atoms with Gasteiger partial charge in [-0.05, 0) is 17.2 Å². The first kappa shape index (κ1) is 15.5. The van der Waals surface area contributed by atoms with E-state index in [1.807, 2.05) is 36.3 Å². The molecule has 1 N–H and O–H groups in total. The predicted octanol–water partition coefficient (Wildman–Crippen LogP) is 3.86. The van der Waals surface area contributed by atoms with E-state index in [0.717, 1.165) is 16.7 Å². The van der Waals surface area contributed by atoms with E-state index in [4.69, 9.17) is 4.74 Å². The maximum absolute atomic E-state index is 10.3. The third kappa shape index (κ3) is 3.19. The highest BCUT2D eigenvalue weighted by molar-refractivity contribution is 8.00. The molecule has 0 unspecified atom stereocenters. The summed E-state index contributed by atoms with van der Waals surface area (Å²) >= 11 is 1.84. The number of hydrogen-bond acceptors (Lipinski definition) is 4. The minimum absolute atomic E-state index is 0.147. The van der Waals surface area contributed by atoms with Crippen molar-refractivity contribution in [2.75, 3.05) is 13.2 Å². The minimum atomic E-state index is -0.809. The Morgan fingerprint density at radius 1 is 1.14 bits per heavy atom. The molecule has 3 rings (SSSR count). The third-order valence-electron chi connectivity index (χ3n) is 3.61. The van der Waals surface area contributed by atoms with Crippen LogP contribution in [0.5, 0.6) is 0 Å². The zero-order valence-electron chi connectivity index (χ0n) is 13.2. The summed E-state index contributed by atoms with van der Waals surface area (Å²) in [5.74, 6) is 0. The smallest absolute Gasteiger partial charge is 0.136 e. The van der Waals surface area contributed by atoms with Gasteiger partial charge in [0.2, 0.25) is 0 Å². The van der Waals surface area contributed by atoms with Crippen LogP contribution in [0.3, 0.4) is 0 Å². The predicted molar refractivity (Wildman–Crippen MR) is 90.0 cm³/mol. The van der Waals surface area contributed by atoms with Crippen LogP contribution in [0.4, 0.5) is 0 Å². The summed E-state index contributed by atoms with van der Waals surface area (Å²) in [6, 6.07) is 10.1. The van der Waals surface area contributed by atoms with Crippen LogP contribution in [-0.2, 0) is 10.3 Å². The van der Waals surface area contributed by atoms with Crippen molar-refractivity contribution in [1.82, 2.24) is 4.98 Å². The Bertz CT molecular complexity index is 658. The zero-order valence-corrected chi connectivity index (χ0v) is 14.0. The Balaban J connectivity index is 1.91. The van der Waals surface area contributed by atoms with Crippen molar-refractivity contribution in [3.05, 3.63) is 48.3 Å². The normalized spacial score (nSPS) is 17.1. The van der Waals surface area contributed by atoms with Gasteiger partial charge >= 0.3 is 0 Å². The summed E-state index contributed by atoms with van der Waals surface area (Å²) in [7, 11) is 0. The van der Waals surface area contributed by atoms with Crippen LogP contribution in [0.2, 0.25) is 0 Å². The van der Waals surface area contributed by atoms with E-state index in [1.165, 1.54) is 4.90 Å². The van der Waals surface area contributed by atoms with Gasteiger partial charge in [-0.1, -0.05) is 45.0 Å². The molecule has 22 heavy (non-hydrogen) atoms. The number of aromatic nitrogens is 1. The van der Waals surface area contributed by atoms with Crippen molar-refractivity contribution in [2.24, 2.45) is 0 Å². The molecule has 1 fully saturated rings. The van der Waals surface area contributed by atoms with Gasteiger partial charge in [-0.15, -0.1) is 11.8 Å². The average Bonchev–Trinajstić information content (AvgIpc) is 2.44. The molecule has 116 valence electrons. The molecule has 0 radical (unpaired) electrons. The first-order valence-electron chi connectivity index (χ1n) is 7.41. The maximum atomic E-state index is 10.3. The van der Waals surface area contributed by atoms with Crippen molar-refractivity contribution in [1.29, 1.82) is 0 Å². The van der Waals surface area contributed by atoms with E-state index < -0.39 is 5.60 Å². The summed E-state index contributed by atoms with van der Waals surface area (Å²) in [6.45, 7) is 7.37. The van der Waals surface area contributed by atoms with E-state index >= 15 is 0 Å². The van der Waals surface area contributed by atoms with E-state index in [9.17, 15) is 5.11 Å². The summed E-state index contributed by atoms with van der Waals surface area (Å²) in [4.78, 5) is 5.49. The van der Waals surface area contributed by atoms with Gasteiger partial charge in [-0.3, -0.25) is 4.98 Å². The van der Waals surface area contributed by atoms with Gasteiger partial charge in [0.15, 0.2) is 0 Å². The van der Waals surface area contributed by atoms with Crippen LogP contribution in [-0.4, -0.2) is 28.1 Å². The fourth-order valence-corrected chi connectivity index (χ4v) is 3.51. The molecule has 1 aliphatic heterocycles. The lowest BCUT2D eigenvalue weighted by Gasteiger charge is -2.36. The second-order valence-electron chi connectivity index (χ2n) is 6.69. The van der Waals surface area contributed by atoms with Crippen LogP contribution in [0.1, 0.15) is 26.3 Å². The molecule has 2 aromatic rings. The number of benzene rings is 1. The first-order valence-corrected chi connectivity index (χ1v) is 8.23. The van der Waals surface area contributed by atoms with Gasteiger partial charge in [-0.2, -0.15) is 0 Å². The second kappa shape index (κ2) is 5.69. The summed E-state index contributed by atoms with van der Waals surface area (Å²) in [5.41, 5.74) is 2.35. The molecular weight excluding hydrogens is 294 g/mol. The SMILES string of the molecule is CC(C)(C)Sc1ccncc1-c1ccc(C2(O)COC2)cc1. The second-order valence-corrected chi connectivity index (χ2v) is 8.56. The van der Waals surface area contributed by atoms with Gasteiger partial charge in [0.05, 0.1) is 13.2 Å². The minimum Gasteiger partial charge on any atom is -0.380 e. The third-order valence-corrected chi connectivity index (χ3v) is 4.80. The van der Waals surface area contributed by atoms with E-state index in [2.05, 4.69) is 44.0 Å². The number of thioether (sulfide) groups is 1. The quantitative estimate of drug-likeness (QED) is 0.874. The van der Waals surface area contributed by atoms with Gasteiger partial charge in [0.25, 0.3) is 0 Å². The van der Waals surface area contributed by atoms with Crippen LogP contribution >= 0.6 is 11.8 Å². The molecule has 1 saturated heterocycles. The number of aliphatic hydroxyl groups is 1. The van der Waals surface area contributed by atoms with E-state index in [0.29, 0.717) is 13.2 Å². The lowest BCUT2D eigenvalue weighted by molar-refractivity contribution is -0.184. The van der Waals surface area contributed by atoms with Gasteiger partial charge < -0.3 is 9.84 Å². The zero-order chi connectivity index (χ0) is 15.8. The lowest BCUT2D eigenvalue weighted by Crippen LogP contribution is -2.46. The fraction of sp³-hybridized carbons (Fsp3) is 0.389. The van der Waals surface area contributed by atoms with E-state index in [-0.39, 0.29) is 4.75 Å². The van der Waals surface area contributed by atoms with Crippen LogP contribution in [0.15, 0.2) is 47.6 Å². The van der Waals surface area contributed by atoms with Crippen molar-refractivity contribution < 1.29 is 9.84 Å². The van der Waals surface area contributed by atoms with Crippen LogP contribution in [0.25, 0.3) is 11.1 Å². The van der Waals surface area contributed by atoms with Crippen molar-refractivity contribution in [2.45, 2.75) is 36.0 Å². The molecule has 0 aliphatic carbocycles. The van der Waals surface area contributed by atoms with Gasteiger partial charge in [-0.25, -0.2) is 0 Å². The molecule has 0 atom stereocenters. The molecule has 0 saturated carbocycles. The fourth-order valence-electron chi connectivity index (χ4n) is 2.44. The van der Waals surface area contributed by atoms with Crippen LogP contribution in [0, 0.1) is 0 Å². The Kier molecular flexibility index (Phi) is 4.02. The largest absolute Gasteiger partial charge is 0.380 e. The van der Waals surface area contributed by atoms with Crippen molar-refractivity contribution in [3.63, 3.8) is 0 Å². The molecule has 1 aromatic heterocycles. The summed E-state index contributed by atoms with van der Waals surface area (Å²) in [5, 5.41) is 10.3. The van der Waals surface area contributed by atoms with E-state index in [1.54, 1.807) is 0 Å². The van der Waals surface area contributed by atoms with Gasteiger partial charge in [0.1, 0.15) is 5.60 Å². The number of rotatable bonds is 3.